The van der Waals surface area contributed by atoms with Crippen LogP contribution in [0.4, 0.5) is 5.69 Å². The molecule has 0 spiro atoms. The Morgan fingerprint density at radius 3 is 2.68 bits per heavy atom. The molecule has 1 N–H and O–H groups in total. The summed E-state index contributed by atoms with van der Waals surface area (Å²) < 4.78 is 0. The molecule has 0 aliphatic rings. The third-order valence-electron chi connectivity index (χ3n) is 3.47. The lowest BCUT2D eigenvalue weighted by Crippen LogP contribution is -2.12. The summed E-state index contributed by atoms with van der Waals surface area (Å²) >= 11 is 0. The van der Waals surface area contributed by atoms with E-state index >= 15 is 0 Å². The SMILES string of the molecule is O=C(CCCc1ccccn1)Nc1cccc2cccnc12. The number of benzene rings is 1. The first-order valence-corrected chi connectivity index (χ1v) is 7.36. The highest BCUT2D eigenvalue weighted by molar-refractivity contribution is 6.00. The fraction of sp³-hybridized carbons (Fsp3) is 0.167. The van der Waals surface area contributed by atoms with Gasteiger partial charge in [-0.1, -0.05) is 24.3 Å². The summed E-state index contributed by atoms with van der Waals surface area (Å²) in [5.41, 5.74) is 2.60. The maximum absolute atomic E-state index is 12.1. The van der Waals surface area contributed by atoms with Gasteiger partial charge in [-0.25, -0.2) is 0 Å². The molecule has 0 saturated heterocycles. The van der Waals surface area contributed by atoms with Crippen LogP contribution < -0.4 is 5.32 Å². The average molecular weight is 291 g/mol. The van der Waals surface area contributed by atoms with E-state index in [1.54, 1.807) is 12.4 Å². The number of anilines is 1. The molecule has 3 aromatic rings. The molecule has 1 amide bonds. The Kier molecular flexibility index (Phi) is 4.39. The number of nitrogens with one attached hydrogen (secondary N) is 1. The van der Waals surface area contributed by atoms with Gasteiger partial charge in [-0.2, -0.15) is 0 Å². The van der Waals surface area contributed by atoms with E-state index in [9.17, 15) is 4.79 Å². The number of nitrogens with zero attached hydrogens (tertiary/aromatic N) is 2. The van der Waals surface area contributed by atoms with E-state index in [2.05, 4.69) is 15.3 Å². The molecule has 0 aliphatic heterocycles. The number of carbonyl (C=O) groups excluding carboxylic acids is 1. The predicted octanol–water partition coefficient (Wildman–Crippen LogP) is 3.59. The molecule has 4 nitrogen and oxygen atoms in total. The average Bonchev–Trinajstić information content (AvgIpc) is 2.56. The standard InChI is InChI=1S/C18H17N3O/c22-17(11-4-9-15-8-1-2-12-19-15)21-16-10-3-6-14-7-5-13-20-18(14)16/h1-3,5-8,10,12-13H,4,9,11H2,(H,21,22). The summed E-state index contributed by atoms with van der Waals surface area (Å²) in [6, 6.07) is 15.5. The maximum atomic E-state index is 12.1. The van der Waals surface area contributed by atoms with Crippen LogP contribution in [0.3, 0.4) is 0 Å². The molecule has 0 bridgehead atoms. The summed E-state index contributed by atoms with van der Waals surface area (Å²) in [4.78, 5) is 20.7. The minimum absolute atomic E-state index is 0.00841. The van der Waals surface area contributed by atoms with Crippen LogP contribution in [0, 0.1) is 0 Å². The first-order chi connectivity index (χ1) is 10.8. The Labute approximate surface area is 129 Å². The van der Waals surface area contributed by atoms with E-state index in [0.717, 1.165) is 35.1 Å². The zero-order valence-corrected chi connectivity index (χ0v) is 12.2. The third kappa shape index (κ3) is 3.47. The summed E-state index contributed by atoms with van der Waals surface area (Å²) in [6.45, 7) is 0. The molecule has 0 unspecified atom stereocenters. The number of pyridine rings is 2. The van der Waals surface area contributed by atoms with Gasteiger partial charge in [0.25, 0.3) is 0 Å². The van der Waals surface area contributed by atoms with Gasteiger partial charge < -0.3 is 5.32 Å². The predicted molar refractivity (Wildman–Crippen MR) is 87.5 cm³/mol. The molecule has 4 heteroatoms. The van der Waals surface area contributed by atoms with Crippen LogP contribution in [-0.2, 0) is 11.2 Å². The van der Waals surface area contributed by atoms with Gasteiger partial charge in [0.1, 0.15) is 0 Å². The number of aromatic nitrogens is 2. The summed E-state index contributed by atoms with van der Waals surface area (Å²) in [5.74, 6) is 0.00841. The van der Waals surface area contributed by atoms with E-state index in [-0.39, 0.29) is 5.91 Å². The lowest BCUT2D eigenvalue weighted by molar-refractivity contribution is -0.116. The number of rotatable bonds is 5. The Balaban J connectivity index is 1.59. The van der Waals surface area contributed by atoms with E-state index in [0.29, 0.717) is 6.42 Å². The van der Waals surface area contributed by atoms with Crippen molar-refractivity contribution in [3.63, 3.8) is 0 Å². The zero-order valence-electron chi connectivity index (χ0n) is 12.2. The third-order valence-corrected chi connectivity index (χ3v) is 3.47. The molecule has 0 atom stereocenters. The monoisotopic (exact) mass is 291 g/mol. The van der Waals surface area contributed by atoms with Crippen molar-refractivity contribution >= 4 is 22.5 Å². The number of carbonyl (C=O) groups is 1. The van der Waals surface area contributed by atoms with Gasteiger partial charge >= 0.3 is 0 Å². The Morgan fingerprint density at radius 1 is 0.955 bits per heavy atom. The van der Waals surface area contributed by atoms with E-state index < -0.39 is 0 Å². The minimum Gasteiger partial charge on any atom is -0.324 e. The highest BCUT2D eigenvalue weighted by atomic mass is 16.1. The smallest absolute Gasteiger partial charge is 0.224 e. The molecule has 0 fully saturated rings. The largest absolute Gasteiger partial charge is 0.324 e. The number of para-hydroxylation sites is 1. The highest BCUT2D eigenvalue weighted by Gasteiger charge is 2.06. The quantitative estimate of drug-likeness (QED) is 0.781. The van der Waals surface area contributed by atoms with Crippen molar-refractivity contribution in [2.75, 3.05) is 5.32 Å². The first kappa shape index (κ1) is 14.2. The van der Waals surface area contributed by atoms with Crippen molar-refractivity contribution in [3.05, 3.63) is 66.6 Å². The molecule has 110 valence electrons. The summed E-state index contributed by atoms with van der Waals surface area (Å²) in [6.07, 6.45) is 5.57. The van der Waals surface area contributed by atoms with Gasteiger partial charge in [0.05, 0.1) is 11.2 Å². The lowest BCUT2D eigenvalue weighted by atomic mass is 10.1. The van der Waals surface area contributed by atoms with Crippen molar-refractivity contribution in [2.24, 2.45) is 0 Å². The van der Waals surface area contributed by atoms with E-state index in [4.69, 9.17) is 0 Å². The van der Waals surface area contributed by atoms with Gasteiger partial charge in [0, 0.05) is 29.9 Å². The molecular weight excluding hydrogens is 274 g/mol. The fourth-order valence-corrected chi connectivity index (χ4v) is 2.39. The van der Waals surface area contributed by atoms with Crippen LogP contribution in [0.5, 0.6) is 0 Å². The van der Waals surface area contributed by atoms with Gasteiger partial charge in [-0.15, -0.1) is 0 Å². The Morgan fingerprint density at radius 2 is 1.82 bits per heavy atom. The second-order valence-corrected chi connectivity index (χ2v) is 5.10. The Bertz CT molecular complexity index is 766. The topological polar surface area (TPSA) is 54.9 Å². The first-order valence-electron chi connectivity index (χ1n) is 7.36. The normalized spacial score (nSPS) is 10.5. The van der Waals surface area contributed by atoms with Crippen LogP contribution in [-0.4, -0.2) is 15.9 Å². The molecule has 2 heterocycles. The molecule has 0 radical (unpaired) electrons. The molecule has 0 aliphatic carbocycles. The number of hydrogen-bond acceptors (Lipinski definition) is 3. The Hall–Kier alpha value is -2.75. The number of amides is 1. The van der Waals surface area contributed by atoms with Crippen molar-refractivity contribution in [1.82, 2.24) is 9.97 Å². The molecule has 2 aromatic heterocycles. The fourth-order valence-electron chi connectivity index (χ4n) is 2.39. The molecule has 1 aromatic carbocycles. The molecule has 3 rings (SSSR count). The van der Waals surface area contributed by atoms with Gasteiger partial charge in [-0.05, 0) is 37.1 Å². The van der Waals surface area contributed by atoms with Crippen molar-refractivity contribution in [2.45, 2.75) is 19.3 Å². The maximum Gasteiger partial charge on any atom is 0.224 e. The number of hydrogen-bond donors (Lipinski definition) is 1. The number of fused-ring (bicyclic) bond motifs is 1. The van der Waals surface area contributed by atoms with E-state index in [1.165, 1.54) is 0 Å². The summed E-state index contributed by atoms with van der Waals surface area (Å²) in [5, 5.41) is 3.97. The zero-order chi connectivity index (χ0) is 15.2. The van der Waals surface area contributed by atoms with E-state index in [1.807, 2.05) is 48.5 Å². The van der Waals surface area contributed by atoms with Gasteiger partial charge in [-0.3, -0.25) is 14.8 Å². The summed E-state index contributed by atoms with van der Waals surface area (Å²) in [7, 11) is 0. The van der Waals surface area contributed by atoms with Crippen molar-refractivity contribution < 1.29 is 4.79 Å². The second kappa shape index (κ2) is 6.80. The molecule has 0 saturated carbocycles. The lowest BCUT2D eigenvalue weighted by Gasteiger charge is -2.07. The van der Waals surface area contributed by atoms with Crippen LogP contribution in [0.25, 0.3) is 10.9 Å². The van der Waals surface area contributed by atoms with Gasteiger partial charge in [0.2, 0.25) is 5.91 Å². The van der Waals surface area contributed by atoms with Gasteiger partial charge in [0.15, 0.2) is 0 Å². The minimum atomic E-state index is 0.00841. The van der Waals surface area contributed by atoms with Crippen LogP contribution in [0.15, 0.2) is 60.9 Å². The molecular formula is C18H17N3O. The highest BCUT2D eigenvalue weighted by Crippen LogP contribution is 2.20. The van der Waals surface area contributed by atoms with Crippen LogP contribution >= 0.6 is 0 Å². The van der Waals surface area contributed by atoms with Crippen LogP contribution in [0.2, 0.25) is 0 Å². The van der Waals surface area contributed by atoms with Crippen molar-refractivity contribution in [1.29, 1.82) is 0 Å². The van der Waals surface area contributed by atoms with Crippen LogP contribution in [0.1, 0.15) is 18.5 Å². The second-order valence-electron chi connectivity index (χ2n) is 5.10. The number of aryl methyl sites for hydroxylation is 1. The molecule has 22 heavy (non-hydrogen) atoms. The van der Waals surface area contributed by atoms with Crippen molar-refractivity contribution in [3.8, 4) is 0 Å².